The van der Waals surface area contributed by atoms with E-state index in [0.717, 1.165) is 23.7 Å². The molecule has 0 heterocycles. The van der Waals surface area contributed by atoms with Crippen LogP contribution in [0.15, 0.2) is 30.3 Å². The maximum atomic E-state index is 3.42. The molecule has 1 aromatic rings. The molecule has 3 unspecified atom stereocenters. The molecule has 3 atom stereocenters. The zero-order valence-electron chi connectivity index (χ0n) is 14.1. The van der Waals surface area contributed by atoms with Gasteiger partial charge in [0.25, 0.3) is 0 Å². The van der Waals surface area contributed by atoms with E-state index < -0.39 is 0 Å². The van der Waals surface area contributed by atoms with Gasteiger partial charge in [-0.1, -0.05) is 44.2 Å². The van der Waals surface area contributed by atoms with Crippen LogP contribution in [-0.2, 0) is 6.42 Å². The van der Waals surface area contributed by atoms with E-state index in [9.17, 15) is 0 Å². The van der Waals surface area contributed by atoms with Crippen LogP contribution in [0.4, 0.5) is 0 Å². The van der Waals surface area contributed by atoms with Crippen molar-refractivity contribution in [1.29, 1.82) is 0 Å². The van der Waals surface area contributed by atoms with Crippen LogP contribution in [0.25, 0.3) is 0 Å². The third-order valence-corrected chi connectivity index (χ3v) is 5.47. The van der Waals surface area contributed by atoms with Crippen LogP contribution in [0.2, 0.25) is 0 Å². The highest BCUT2D eigenvalue weighted by Crippen LogP contribution is 2.39. The number of hydrogen-bond acceptors (Lipinski definition) is 1. The summed E-state index contributed by atoms with van der Waals surface area (Å²) >= 11 is 0. The predicted octanol–water partition coefficient (Wildman–Crippen LogP) is 4.92. The Bertz CT molecular complexity index is 384. The quantitative estimate of drug-likeness (QED) is 0.751. The van der Waals surface area contributed by atoms with E-state index >= 15 is 0 Å². The molecule has 0 spiro atoms. The van der Waals surface area contributed by atoms with Crippen molar-refractivity contribution in [1.82, 2.24) is 5.32 Å². The first-order valence-electron chi connectivity index (χ1n) is 8.89. The Morgan fingerprint density at radius 2 is 1.86 bits per heavy atom. The fourth-order valence-corrected chi connectivity index (χ4v) is 4.07. The minimum absolute atomic E-state index is 0.858. The highest BCUT2D eigenvalue weighted by Gasteiger charge is 2.30. The first kappa shape index (κ1) is 16.5. The summed E-state index contributed by atoms with van der Waals surface area (Å²) in [7, 11) is 2.11. The van der Waals surface area contributed by atoms with Gasteiger partial charge in [0, 0.05) is 0 Å². The zero-order chi connectivity index (χ0) is 15.1. The normalized spacial score (nSPS) is 26.2. The molecule has 2 rings (SSSR count). The van der Waals surface area contributed by atoms with Crippen LogP contribution >= 0.6 is 0 Å². The van der Waals surface area contributed by atoms with Crippen LogP contribution in [0, 0.1) is 23.7 Å². The molecule has 0 bridgehead atoms. The Balaban J connectivity index is 1.84. The fourth-order valence-electron chi connectivity index (χ4n) is 4.07. The van der Waals surface area contributed by atoms with Gasteiger partial charge in [0.1, 0.15) is 0 Å². The van der Waals surface area contributed by atoms with Crippen molar-refractivity contribution in [3.05, 3.63) is 35.9 Å². The molecule has 0 radical (unpaired) electrons. The SMILES string of the molecule is CNCC1CCC(C(C)C)CC1CCCc1ccccc1. The van der Waals surface area contributed by atoms with Crippen molar-refractivity contribution in [2.45, 2.75) is 52.4 Å². The molecule has 21 heavy (non-hydrogen) atoms. The number of aryl methyl sites for hydroxylation is 1. The van der Waals surface area contributed by atoms with Crippen molar-refractivity contribution < 1.29 is 0 Å². The van der Waals surface area contributed by atoms with Gasteiger partial charge in [-0.25, -0.2) is 0 Å². The van der Waals surface area contributed by atoms with Crippen molar-refractivity contribution in [2.75, 3.05) is 13.6 Å². The third-order valence-electron chi connectivity index (χ3n) is 5.47. The lowest BCUT2D eigenvalue weighted by atomic mass is 9.69. The lowest BCUT2D eigenvalue weighted by molar-refractivity contribution is 0.137. The van der Waals surface area contributed by atoms with Crippen molar-refractivity contribution >= 4 is 0 Å². The number of rotatable bonds is 7. The van der Waals surface area contributed by atoms with Gasteiger partial charge in [-0.3, -0.25) is 0 Å². The van der Waals surface area contributed by atoms with Gasteiger partial charge in [0.2, 0.25) is 0 Å². The van der Waals surface area contributed by atoms with Crippen LogP contribution in [-0.4, -0.2) is 13.6 Å². The summed E-state index contributed by atoms with van der Waals surface area (Å²) in [6.45, 7) is 6.02. The lowest BCUT2D eigenvalue weighted by Gasteiger charge is -2.38. The Morgan fingerprint density at radius 3 is 2.52 bits per heavy atom. The molecule has 0 saturated heterocycles. The largest absolute Gasteiger partial charge is 0.319 e. The Hall–Kier alpha value is -0.820. The summed E-state index contributed by atoms with van der Waals surface area (Å²) in [4.78, 5) is 0. The van der Waals surface area contributed by atoms with E-state index in [2.05, 4.69) is 56.5 Å². The van der Waals surface area contributed by atoms with E-state index in [1.165, 1.54) is 50.6 Å². The van der Waals surface area contributed by atoms with E-state index in [1.807, 2.05) is 0 Å². The summed E-state index contributed by atoms with van der Waals surface area (Å²) in [6.07, 6.45) is 8.33. The fraction of sp³-hybridized carbons (Fsp3) is 0.700. The van der Waals surface area contributed by atoms with Gasteiger partial charge in [0.05, 0.1) is 0 Å². The number of benzene rings is 1. The molecular weight excluding hydrogens is 254 g/mol. The van der Waals surface area contributed by atoms with E-state index in [1.54, 1.807) is 0 Å². The van der Waals surface area contributed by atoms with Gasteiger partial charge >= 0.3 is 0 Å². The maximum Gasteiger partial charge on any atom is -0.00209 e. The average molecular weight is 287 g/mol. The first-order chi connectivity index (χ1) is 10.2. The monoisotopic (exact) mass is 287 g/mol. The number of nitrogens with one attached hydrogen (secondary N) is 1. The molecule has 1 fully saturated rings. The van der Waals surface area contributed by atoms with Gasteiger partial charge in [-0.15, -0.1) is 0 Å². The Labute approximate surface area is 131 Å². The summed E-state index contributed by atoms with van der Waals surface area (Å²) < 4.78 is 0. The molecule has 1 nitrogen and oxygen atoms in total. The maximum absolute atomic E-state index is 3.42. The Morgan fingerprint density at radius 1 is 1.10 bits per heavy atom. The van der Waals surface area contributed by atoms with E-state index in [0.29, 0.717) is 0 Å². The first-order valence-corrected chi connectivity index (χ1v) is 8.89. The lowest BCUT2D eigenvalue weighted by Crippen LogP contribution is -2.33. The second kappa shape index (κ2) is 8.58. The number of hydrogen-bond donors (Lipinski definition) is 1. The molecule has 1 aliphatic rings. The summed E-state index contributed by atoms with van der Waals surface area (Å²) in [6, 6.07) is 11.0. The molecule has 0 aliphatic heterocycles. The van der Waals surface area contributed by atoms with E-state index in [-0.39, 0.29) is 0 Å². The van der Waals surface area contributed by atoms with Crippen molar-refractivity contribution in [3.8, 4) is 0 Å². The highest BCUT2D eigenvalue weighted by molar-refractivity contribution is 5.14. The van der Waals surface area contributed by atoms with E-state index in [4.69, 9.17) is 0 Å². The van der Waals surface area contributed by atoms with Crippen LogP contribution in [0.1, 0.15) is 51.5 Å². The molecule has 1 aliphatic carbocycles. The smallest absolute Gasteiger partial charge is 0.00209 e. The molecule has 1 heteroatoms. The minimum atomic E-state index is 0.858. The van der Waals surface area contributed by atoms with Gasteiger partial charge in [-0.2, -0.15) is 0 Å². The predicted molar refractivity (Wildman–Crippen MR) is 92.5 cm³/mol. The third kappa shape index (κ3) is 5.14. The molecule has 0 aromatic heterocycles. The standard InChI is InChI=1S/C20H33N/c1-16(2)18-12-13-20(15-21-3)19(14-18)11-7-10-17-8-5-4-6-9-17/h4-6,8-9,16,18-21H,7,10-15H2,1-3H3. The second-order valence-electron chi connectivity index (χ2n) is 7.27. The topological polar surface area (TPSA) is 12.0 Å². The second-order valence-corrected chi connectivity index (χ2v) is 7.27. The van der Waals surface area contributed by atoms with Crippen molar-refractivity contribution in [2.24, 2.45) is 23.7 Å². The molecule has 118 valence electrons. The molecule has 1 N–H and O–H groups in total. The Kier molecular flexibility index (Phi) is 6.76. The molecule has 1 saturated carbocycles. The molecule has 0 amide bonds. The highest BCUT2D eigenvalue weighted by atomic mass is 14.8. The van der Waals surface area contributed by atoms with Crippen LogP contribution < -0.4 is 5.32 Å². The average Bonchev–Trinajstić information content (AvgIpc) is 2.50. The minimum Gasteiger partial charge on any atom is -0.319 e. The molecule has 1 aromatic carbocycles. The van der Waals surface area contributed by atoms with Gasteiger partial charge in [0.15, 0.2) is 0 Å². The summed E-state index contributed by atoms with van der Waals surface area (Å²) in [5.74, 6) is 3.65. The summed E-state index contributed by atoms with van der Waals surface area (Å²) in [5.41, 5.74) is 1.50. The molecular formula is C20H33N. The van der Waals surface area contributed by atoms with Gasteiger partial charge < -0.3 is 5.32 Å². The van der Waals surface area contributed by atoms with Crippen molar-refractivity contribution in [3.63, 3.8) is 0 Å². The van der Waals surface area contributed by atoms with Crippen LogP contribution in [0.5, 0.6) is 0 Å². The van der Waals surface area contributed by atoms with Crippen LogP contribution in [0.3, 0.4) is 0 Å². The zero-order valence-corrected chi connectivity index (χ0v) is 14.1. The van der Waals surface area contributed by atoms with Gasteiger partial charge in [-0.05, 0) is 81.4 Å². The summed E-state index contributed by atoms with van der Waals surface area (Å²) in [5, 5.41) is 3.42.